The van der Waals surface area contributed by atoms with Crippen LogP contribution >= 0.6 is 11.3 Å². The average Bonchev–Trinajstić information content (AvgIpc) is 2.91. The van der Waals surface area contributed by atoms with Crippen molar-refractivity contribution in [2.24, 2.45) is 0 Å². The Balaban J connectivity index is 1.82. The van der Waals surface area contributed by atoms with Gasteiger partial charge in [0, 0.05) is 28.7 Å². The van der Waals surface area contributed by atoms with Crippen LogP contribution in [0.2, 0.25) is 0 Å². The standard InChI is InChI=1S/C17H19N3S/c1-11-8-14(15-6-4-5-7-16(15)19-11)9-18-13(3)17-20-12(2)10-21-17/h4-8,10,13,18H,9H2,1-3H3. The van der Waals surface area contributed by atoms with E-state index >= 15 is 0 Å². The van der Waals surface area contributed by atoms with E-state index in [1.807, 2.05) is 19.9 Å². The van der Waals surface area contributed by atoms with Crippen LogP contribution < -0.4 is 5.32 Å². The fraction of sp³-hybridized carbons (Fsp3) is 0.294. The summed E-state index contributed by atoms with van der Waals surface area (Å²) < 4.78 is 0. The number of hydrogen-bond donors (Lipinski definition) is 1. The van der Waals surface area contributed by atoms with Crippen LogP contribution in [0.25, 0.3) is 10.9 Å². The Morgan fingerprint density at radius 3 is 2.71 bits per heavy atom. The predicted molar refractivity (Wildman–Crippen MR) is 88.6 cm³/mol. The third-order valence-electron chi connectivity index (χ3n) is 3.54. The van der Waals surface area contributed by atoms with E-state index in [2.05, 4.69) is 51.9 Å². The first-order valence-corrected chi connectivity index (χ1v) is 8.02. The molecule has 1 aromatic carbocycles. The molecule has 2 heterocycles. The number of rotatable bonds is 4. The highest BCUT2D eigenvalue weighted by molar-refractivity contribution is 7.09. The molecule has 3 aromatic rings. The van der Waals surface area contributed by atoms with Gasteiger partial charge in [0.1, 0.15) is 5.01 Å². The third kappa shape index (κ3) is 3.12. The molecule has 3 rings (SSSR count). The van der Waals surface area contributed by atoms with Gasteiger partial charge in [0.15, 0.2) is 0 Å². The highest BCUT2D eigenvalue weighted by atomic mass is 32.1. The number of fused-ring (bicyclic) bond motifs is 1. The molecule has 2 aromatic heterocycles. The Hall–Kier alpha value is -1.78. The molecule has 0 radical (unpaired) electrons. The van der Waals surface area contributed by atoms with Crippen LogP contribution in [-0.4, -0.2) is 9.97 Å². The highest BCUT2D eigenvalue weighted by Gasteiger charge is 2.10. The van der Waals surface area contributed by atoms with Crippen molar-refractivity contribution in [2.45, 2.75) is 33.4 Å². The molecule has 0 saturated carbocycles. The summed E-state index contributed by atoms with van der Waals surface area (Å²) in [6.45, 7) is 7.06. The van der Waals surface area contributed by atoms with Crippen LogP contribution in [-0.2, 0) is 6.54 Å². The van der Waals surface area contributed by atoms with Crippen LogP contribution in [0.1, 0.15) is 34.9 Å². The van der Waals surface area contributed by atoms with Gasteiger partial charge >= 0.3 is 0 Å². The number of nitrogens with zero attached hydrogens (tertiary/aromatic N) is 2. The van der Waals surface area contributed by atoms with E-state index in [1.54, 1.807) is 11.3 Å². The maximum atomic E-state index is 4.59. The minimum Gasteiger partial charge on any atom is -0.304 e. The van der Waals surface area contributed by atoms with Crippen molar-refractivity contribution in [1.82, 2.24) is 15.3 Å². The van der Waals surface area contributed by atoms with Gasteiger partial charge in [-0.05, 0) is 38.5 Å². The molecular weight excluding hydrogens is 278 g/mol. The Bertz CT molecular complexity index is 764. The SMILES string of the molecule is Cc1csc(C(C)NCc2cc(C)nc3ccccc23)n1. The summed E-state index contributed by atoms with van der Waals surface area (Å²) in [6, 6.07) is 10.7. The number of aromatic nitrogens is 2. The molecule has 0 aliphatic rings. The second-order valence-electron chi connectivity index (χ2n) is 5.37. The molecule has 3 nitrogen and oxygen atoms in total. The van der Waals surface area contributed by atoms with E-state index < -0.39 is 0 Å². The lowest BCUT2D eigenvalue weighted by atomic mass is 10.1. The van der Waals surface area contributed by atoms with E-state index in [0.717, 1.165) is 28.5 Å². The molecule has 0 spiro atoms. The zero-order chi connectivity index (χ0) is 14.8. The number of nitrogens with one attached hydrogen (secondary N) is 1. The molecule has 0 fully saturated rings. The molecule has 108 valence electrons. The molecule has 1 atom stereocenters. The Morgan fingerprint density at radius 2 is 1.95 bits per heavy atom. The van der Waals surface area contributed by atoms with Crippen LogP contribution in [0.4, 0.5) is 0 Å². The maximum absolute atomic E-state index is 4.59. The third-order valence-corrected chi connectivity index (χ3v) is 4.68. The summed E-state index contributed by atoms with van der Waals surface area (Å²) in [7, 11) is 0. The van der Waals surface area contributed by atoms with Crippen molar-refractivity contribution in [3.05, 3.63) is 57.7 Å². The fourth-order valence-electron chi connectivity index (χ4n) is 2.46. The van der Waals surface area contributed by atoms with Crippen molar-refractivity contribution < 1.29 is 0 Å². The molecular formula is C17H19N3S. The molecule has 4 heteroatoms. The lowest BCUT2D eigenvalue weighted by molar-refractivity contribution is 0.572. The Labute approximate surface area is 129 Å². The quantitative estimate of drug-likeness (QED) is 0.786. The van der Waals surface area contributed by atoms with Crippen molar-refractivity contribution in [3.63, 3.8) is 0 Å². The van der Waals surface area contributed by atoms with Gasteiger partial charge in [0.25, 0.3) is 0 Å². The van der Waals surface area contributed by atoms with Crippen LogP contribution in [0.5, 0.6) is 0 Å². The van der Waals surface area contributed by atoms with Gasteiger partial charge in [-0.2, -0.15) is 0 Å². The molecule has 0 amide bonds. The van der Waals surface area contributed by atoms with Gasteiger partial charge in [-0.1, -0.05) is 18.2 Å². The lowest BCUT2D eigenvalue weighted by Crippen LogP contribution is -2.18. The first kappa shape index (κ1) is 14.2. The monoisotopic (exact) mass is 297 g/mol. The maximum Gasteiger partial charge on any atom is 0.110 e. The highest BCUT2D eigenvalue weighted by Crippen LogP contribution is 2.21. The molecule has 0 aliphatic carbocycles. The smallest absolute Gasteiger partial charge is 0.110 e. The van der Waals surface area contributed by atoms with Gasteiger partial charge in [-0.3, -0.25) is 4.98 Å². The van der Waals surface area contributed by atoms with Crippen molar-refractivity contribution in [1.29, 1.82) is 0 Å². The summed E-state index contributed by atoms with van der Waals surface area (Å²) in [4.78, 5) is 9.13. The van der Waals surface area contributed by atoms with Crippen LogP contribution in [0.15, 0.2) is 35.7 Å². The zero-order valence-electron chi connectivity index (χ0n) is 12.6. The average molecular weight is 297 g/mol. The largest absolute Gasteiger partial charge is 0.304 e. The number of hydrogen-bond acceptors (Lipinski definition) is 4. The topological polar surface area (TPSA) is 37.8 Å². The van der Waals surface area contributed by atoms with Gasteiger partial charge in [-0.15, -0.1) is 11.3 Å². The number of pyridine rings is 1. The van der Waals surface area contributed by atoms with Gasteiger partial charge in [0.2, 0.25) is 0 Å². The summed E-state index contributed by atoms with van der Waals surface area (Å²) in [6.07, 6.45) is 0. The summed E-state index contributed by atoms with van der Waals surface area (Å²) in [5.74, 6) is 0. The van der Waals surface area contributed by atoms with Gasteiger partial charge < -0.3 is 5.32 Å². The number of aryl methyl sites for hydroxylation is 2. The van der Waals surface area contributed by atoms with Crippen LogP contribution in [0.3, 0.4) is 0 Å². The number of para-hydroxylation sites is 1. The predicted octanol–water partition coefficient (Wildman–Crippen LogP) is 4.16. The summed E-state index contributed by atoms with van der Waals surface area (Å²) in [5, 5.41) is 8.03. The second kappa shape index (κ2) is 5.92. The molecule has 1 N–H and O–H groups in total. The van der Waals surface area contributed by atoms with Gasteiger partial charge in [0.05, 0.1) is 11.6 Å². The van der Waals surface area contributed by atoms with E-state index in [0.29, 0.717) is 0 Å². The number of thiazole rings is 1. The van der Waals surface area contributed by atoms with Gasteiger partial charge in [-0.25, -0.2) is 4.98 Å². The first-order valence-electron chi connectivity index (χ1n) is 7.14. The molecule has 1 unspecified atom stereocenters. The molecule has 0 bridgehead atoms. The van der Waals surface area contributed by atoms with Crippen molar-refractivity contribution >= 4 is 22.2 Å². The number of benzene rings is 1. The van der Waals surface area contributed by atoms with E-state index in [1.165, 1.54) is 10.9 Å². The molecule has 0 aliphatic heterocycles. The fourth-order valence-corrected chi connectivity index (χ4v) is 3.29. The van der Waals surface area contributed by atoms with E-state index in [-0.39, 0.29) is 6.04 Å². The van der Waals surface area contributed by atoms with E-state index in [4.69, 9.17) is 0 Å². The minimum atomic E-state index is 0.260. The summed E-state index contributed by atoms with van der Waals surface area (Å²) in [5.41, 5.74) is 4.50. The van der Waals surface area contributed by atoms with E-state index in [9.17, 15) is 0 Å². The Morgan fingerprint density at radius 1 is 1.14 bits per heavy atom. The molecule has 0 saturated heterocycles. The van der Waals surface area contributed by atoms with Crippen molar-refractivity contribution in [2.75, 3.05) is 0 Å². The molecule has 21 heavy (non-hydrogen) atoms. The van der Waals surface area contributed by atoms with Crippen molar-refractivity contribution in [3.8, 4) is 0 Å². The zero-order valence-corrected chi connectivity index (χ0v) is 13.4. The normalized spacial score (nSPS) is 12.7. The summed E-state index contributed by atoms with van der Waals surface area (Å²) >= 11 is 1.71. The second-order valence-corrected chi connectivity index (χ2v) is 6.26. The lowest BCUT2D eigenvalue weighted by Gasteiger charge is -2.13. The minimum absolute atomic E-state index is 0.260. The van der Waals surface area contributed by atoms with Crippen LogP contribution in [0, 0.1) is 13.8 Å². The first-order chi connectivity index (χ1) is 10.1. The Kier molecular flexibility index (Phi) is 3.99.